The highest BCUT2D eigenvalue weighted by Gasteiger charge is 2.31. The lowest BCUT2D eigenvalue weighted by Crippen LogP contribution is -2.37. The van der Waals surface area contributed by atoms with Gasteiger partial charge in [0.1, 0.15) is 0 Å². The minimum absolute atomic E-state index is 0.214. The minimum Gasteiger partial charge on any atom is -0.359 e. The van der Waals surface area contributed by atoms with Crippen LogP contribution in [-0.2, 0) is 5.41 Å². The molecule has 2 radical (unpaired) electrons. The van der Waals surface area contributed by atoms with E-state index in [-0.39, 0.29) is 5.41 Å². The Bertz CT molecular complexity index is 382. The number of rotatable bonds is 3. The summed E-state index contributed by atoms with van der Waals surface area (Å²) < 4.78 is 0. The third-order valence-electron chi connectivity index (χ3n) is 3.41. The van der Waals surface area contributed by atoms with Crippen molar-refractivity contribution in [1.82, 2.24) is 4.90 Å². The van der Waals surface area contributed by atoms with Crippen molar-refractivity contribution in [3.8, 4) is 0 Å². The average molecular weight is 230 g/mol. The van der Waals surface area contributed by atoms with Crippen molar-refractivity contribution in [2.24, 2.45) is 0 Å². The van der Waals surface area contributed by atoms with Gasteiger partial charge in [0.2, 0.25) is 0 Å². The minimum atomic E-state index is 0.214. The van der Waals surface area contributed by atoms with Crippen LogP contribution in [0.3, 0.4) is 0 Å². The van der Waals surface area contributed by atoms with Gasteiger partial charge in [0.05, 0.1) is 6.54 Å². The van der Waals surface area contributed by atoms with Gasteiger partial charge in [-0.25, -0.2) is 0 Å². The highest BCUT2D eigenvalue weighted by atomic mass is 15.2. The molecule has 0 spiro atoms. The maximum Gasteiger partial charge on any atom is 0.0921 e. The van der Waals surface area contributed by atoms with Crippen LogP contribution in [0.25, 0.3) is 0 Å². The van der Waals surface area contributed by atoms with Gasteiger partial charge >= 0.3 is 0 Å². The molecule has 1 aromatic rings. The highest BCUT2D eigenvalue weighted by molar-refractivity contribution is 5.60. The first-order chi connectivity index (χ1) is 8.00. The molecule has 92 valence electrons. The smallest absolute Gasteiger partial charge is 0.0921 e. The molecule has 1 heterocycles. The lowest BCUT2D eigenvalue weighted by atomic mass is 9.78. The quantitative estimate of drug-likeness (QED) is 0.788. The van der Waals surface area contributed by atoms with Gasteiger partial charge in [0.15, 0.2) is 0 Å². The predicted octanol–water partition coefficient (Wildman–Crippen LogP) is 2.77. The Morgan fingerprint density at radius 2 is 2.00 bits per heavy atom. The van der Waals surface area contributed by atoms with Crippen molar-refractivity contribution >= 4 is 5.69 Å². The summed E-state index contributed by atoms with van der Waals surface area (Å²) in [4.78, 5) is 4.49. The number of benzene rings is 1. The standard InChI is InChI=1S/C15H22N2/c1-15(2)9-10-17(12-11-16(3)4)14-8-6-5-7-13(14)15/h5-8H,9,11-12H2,1-4H3. The molecule has 0 fully saturated rings. The van der Waals surface area contributed by atoms with Crippen LogP contribution >= 0.6 is 0 Å². The number of hydrogen-bond donors (Lipinski definition) is 0. The van der Waals surface area contributed by atoms with Crippen molar-refractivity contribution in [3.05, 3.63) is 36.4 Å². The van der Waals surface area contributed by atoms with E-state index in [2.05, 4.69) is 68.6 Å². The second-order valence-corrected chi connectivity index (χ2v) is 5.69. The van der Waals surface area contributed by atoms with E-state index in [0.29, 0.717) is 0 Å². The van der Waals surface area contributed by atoms with Crippen molar-refractivity contribution in [2.75, 3.05) is 32.1 Å². The van der Waals surface area contributed by atoms with Crippen molar-refractivity contribution in [2.45, 2.75) is 25.7 Å². The molecule has 0 bridgehead atoms. The van der Waals surface area contributed by atoms with Gasteiger partial charge in [-0.05, 0) is 37.6 Å². The van der Waals surface area contributed by atoms with E-state index in [1.54, 1.807) is 0 Å². The van der Waals surface area contributed by atoms with E-state index in [9.17, 15) is 0 Å². The summed E-state index contributed by atoms with van der Waals surface area (Å²) in [5, 5.41) is 0. The summed E-state index contributed by atoms with van der Waals surface area (Å²) >= 11 is 0. The molecule has 0 aromatic heterocycles. The molecule has 0 amide bonds. The van der Waals surface area contributed by atoms with Crippen LogP contribution in [0.1, 0.15) is 25.8 Å². The van der Waals surface area contributed by atoms with Gasteiger partial charge in [-0.1, -0.05) is 32.0 Å². The number of anilines is 1. The topological polar surface area (TPSA) is 6.48 Å². The average Bonchev–Trinajstić information content (AvgIpc) is 2.28. The number of hydrogen-bond acceptors (Lipinski definition) is 2. The largest absolute Gasteiger partial charge is 0.359 e. The van der Waals surface area contributed by atoms with Gasteiger partial charge in [-0.15, -0.1) is 0 Å². The summed E-state index contributed by atoms with van der Waals surface area (Å²) in [7, 11) is 4.22. The second kappa shape index (κ2) is 4.69. The van der Waals surface area contributed by atoms with Crippen LogP contribution < -0.4 is 4.90 Å². The molecular weight excluding hydrogens is 208 g/mol. The van der Waals surface area contributed by atoms with Crippen LogP contribution in [-0.4, -0.2) is 32.1 Å². The Balaban J connectivity index is 2.22. The molecule has 1 aliphatic rings. The van der Waals surface area contributed by atoms with E-state index in [1.165, 1.54) is 11.3 Å². The van der Waals surface area contributed by atoms with E-state index >= 15 is 0 Å². The molecular formula is C15H22N2. The fourth-order valence-electron chi connectivity index (χ4n) is 2.25. The van der Waals surface area contributed by atoms with Crippen molar-refractivity contribution < 1.29 is 0 Å². The van der Waals surface area contributed by atoms with Crippen LogP contribution in [0.5, 0.6) is 0 Å². The Labute approximate surface area is 105 Å². The number of fused-ring (bicyclic) bond motifs is 1. The van der Waals surface area contributed by atoms with E-state index in [0.717, 1.165) is 19.5 Å². The zero-order valence-corrected chi connectivity index (χ0v) is 11.3. The fourth-order valence-corrected chi connectivity index (χ4v) is 2.25. The van der Waals surface area contributed by atoms with Crippen molar-refractivity contribution in [3.63, 3.8) is 0 Å². The summed E-state index contributed by atoms with van der Waals surface area (Å²) in [6.07, 6.45) is 0.997. The monoisotopic (exact) mass is 230 g/mol. The van der Waals surface area contributed by atoms with Gasteiger partial charge in [-0.3, -0.25) is 0 Å². The van der Waals surface area contributed by atoms with Gasteiger partial charge in [0, 0.05) is 18.8 Å². The molecule has 2 nitrogen and oxygen atoms in total. The Hall–Kier alpha value is -1.02. The lowest BCUT2D eigenvalue weighted by molar-refractivity contribution is 0.408. The Morgan fingerprint density at radius 3 is 2.71 bits per heavy atom. The second-order valence-electron chi connectivity index (χ2n) is 5.69. The fraction of sp³-hybridized carbons (Fsp3) is 0.533. The molecule has 17 heavy (non-hydrogen) atoms. The van der Waals surface area contributed by atoms with Crippen LogP contribution in [0.4, 0.5) is 5.69 Å². The zero-order chi connectivity index (χ0) is 12.5. The third-order valence-corrected chi connectivity index (χ3v) is 3.41. The predicted molar refractivity (Wildman–Crippen MR) is 73.2 cm³/mol. The molecule has 0 unspecified atom stereocenters. The van der Waals surface area contributed by atoms with E-state index in [1.807, 2.05) is 0 Å². The lowest BCUT2D eigenvalue weighted by Gasteiger charge is -2.39. The van der Waals surface area contributed by atoms with Gasteiger partial charge in [-0.2, -0.15) is 0 Å². The molecule has 0 atom stereocenters. The molecule has 1 aliphatic heterocycles. The molecule has 0 N–H and O–H groups in total. The molecule has 1 aromatic carbocycles. The number of likely N-dealkylation sites (N-methyl/N-ethyl adjacent to an activating group) is 1. The summed E-state index contributed by atoms with van der Waals surface area (Å²) in [5.74, 6) is 0. The van der Waals surface area contributed by atoms with Gasteiger partial charge < -0.3 is 9.80 Å². The van der Waals surface area contributed by atoms with Crippen LogP contribution in [0, 0.1) is 6.54 Å². The molecule has 0 saturated heterocycles. The molecule has 2 rings (SSSR count). The van der Waals surface area contributed by atoms with E-state index < -0.39 is 0 Å². The van der Waals surface area contributed by atoms with Crippen LogP contribution in [0.2, 0.25) is 0 Å². The molecule has 0 aliphatic carbocycles. The highest BCUT2D eigenvalue weighted by Crippen LogP contribution is 2.40. The van der Waals surface area contributed by atoms with Gasteiger partial charge in [0.25, 0.3) is 0 Å². The first-order valence-corrected chi connectivity index (χ1v) is 6.26. The summed E-state index contributed by atoms with van der Waals surface area (Å²) in [6, 6.07) is 8.71. The first kappa shape index (κ1) is 12.4. The number of para-hydroxylation sites is 1. The first-order valence-electron chi connectivity index (χ1n) is 6.26. The normalized spacial score (nSPS) is 18.3. The maximum atomic E-state index is 3.53. The summed E-state index contributed by atoms with van der Waals surface area (Å²) in [6.45, 7) is 10.2. The zero-order valence-electron chi connectivity index (χ0n) is 11.3. The molecule has 0 saturated carbocycles. The van der Waals surface area contributed by atoms with Crippen molar-refractivity contribution in [1.29, 1.82) is 0 Å². The third kappa shape index (κ3) is 2.63. The number of nitrogens with zero attached hydrogens (tertiary/aromatic N) is 2. The SMILES string of the molecule is CN(C)CCN1[C]CC(C)(C)c2ccccc21. The van der Waals surface area contributed by atoms with E-state index in [4.69, 9.17) is 0 Å². The van der Waals surface area contributed by atoms with Crippen LogP contribution in [0.15, 0.2) is 24.3 Å². The Morgan fingerprint density at radius 1 is 1.29 bits per heavy atom. The maximum absolute atomic E-state index is 3.53. The summed E-state index contributed by atoms with van der Waals surface area (Å²) in [5.41, 5.74) is 2.98. The molecule has 2 heteroatoms. The Kier molecular flexibility index (Phi) is 3.43.